The second-order valence-corrected chi connectivity index (χ2v) is 14.1. The van der Waals surface area contributed by atoms with Crippen LogP contribution in [0, 0.1) is 11.3 Å². The molecule has 4 aromatic rings. The fraction of sp³-hybridized carbons (Fsp3) is 0.375. The van der Waals surface area contributed by atoms with E-state index >= 15 is 0 Å². The van der Waals surface area contributed by atoms with Crippen molar-refractivity contribution in [1.82, 2.24) is 24.3 Å². The molecule has 0 unspecified atom stereocenters. The van der Waals surface area contributed by atoms with Crippen molar-refractivity contribution in [2.75, 3.05) is 0 Å². The minimum absolute atomic E-state index is 0.489. The Labute approximate surface area is 199 Å². The molecule has 9 heteroatoms. The van der Waals surface area contributed by atoms with Gasteiger partial charge in [0.05, 0.1) is 39.3 Å². The van der Waals surface area contributed by atoms with E-state index in [1.165, 1.54) is 11.3 Å². The van der Waals surface area contributed by atoms with Crippen LogP contribution in [0.3, 0.4) is 0 Å². The predicted molar refractivity (Wildman–Crippen MR) is 133 cm³/mol. The highest BCUT2D eigenvalue weighted by molar-refractivity contribution is 7.13. The maximum absolute atomic E-state index is 9.34. The third kappa shape index (κ3) is 4.34. The normalized spacial score (nSPS) is 12.2. The second-order valence-electron chi connectivity index (χ2n) is 8.52. The molecule has 7 nitrogen and oxygen atoms in total. The van der Waals surface area contributed by atoms with E-state index in [1.807, 2.05) is 28.1 Å². The van der Waals surface area contributed by atoms with Gasteiger partial charge in [-0.3, -0.25) is 4.40 Å². The van der Waals surface area contributed by atoms with E-state index in [4.69, 9.17) is 14.4 Å². The van der Waals surface area contributed by atoms with Crippen LogP contribution in [-0.4, -0.2) is 32.7 Å². The Kier molecular flexibility index (Phi) is 6.43. The van der Waals surface area contributed by atoms with Gasteiger partial charge in [0.25, 0.3) is 0 Å². The summed E-state index contributed by atoms with van der Waals surface area (Å²) in [7, 11) is -1.80. The van der Waals surface area contributed by atoms with Crippen molar-refractivity contribution in [2.24, 2.45) is 0 Å². The number of nitriles is 1. The van der Waals surface area contributed by atoms with Crippen LogP contribution in [0.15, 0.2) is 42.2 Å². The van der Waals surface area contributed by atoms with Gasteiger partial charge in [0.2, 0.25) is 5.78 Å². The molecule has 0 saturated heterocycles. The number of hydrogen-bond acceptors (Lipinski definition) is 7. The van der Waals surface area contributed by atoms with Gasteiger partial charge in [-0.2, -0.15) is 5.26 Å². The molecule has 0 aromatic carbocycles. The van der Waals surface area contributed by atoms with Crippen molar-refractivity contribution >= 4 is 25.4 Å². The van der Waals surface area contributed by atoms with Crippen LogP contribution >= 0.6 is 11.3 Å². The second kappa shape index (κ2) is 9.13. The molecule has 4 aromatic heterocycles. The Morgan fingerprint density at radius 3 is 2.55 bits per heavy atom. The summed E-state index contributed by atoms with van der Waals surface area (Å²) >= 11 is 1.46. The Morgan fingerprint density at radius 1 is 1.09 bits per heavy atom. The lowest BCUT2D eigenvalue weighted by Crippen LogP contribution is -2.43. The van der Waals surface area contributed by atoms with Crippen molar-refractivity contribution in [3.63, 3.8) is 0 Å². The number of imidazole rings is 1. The number of fused-ring (bicyclic) bond motifs is 1. The molecule has 0 atom stereocenters. The zero-order chi connectivity index (χ0) is 23.6. The van der Waals surface area contributed by atoms with Crippen molar-refractivity contribution in [3.05, 3.63) is 53.4 Å². The average Bonchev–Trinajstić information content (AvgIpc) is 3.49. The van der Waals surface area contributed by atoms with Crippen LogP contribution < -0.4 is 0 Å². The molecule has 170 valence electrons. The fourth-order valence-corrected chi connectivity index (χ4v) is 8.04. The van der Waals surface area contributed by atoms with E-state index < -0.39 is 13.9 Å². The van der Waals surface area contributed by atoms with Crippen molar-refractivity contribution < 1.29 is 4.43 Å². The standard InChI is InChI=1S/C24H28N6OSSi/c1-6-33(7-2,8-3)31-24(4,5)20-10-13-30-19(16-27-23(30)29-20)18-9-12-26-22(28-18)21-17(15-25)11-14-32-21/h9-14,16H,6-8H2,1-5H3. The third-order valence-corrected chi connectivity index (χ3v) is 12.0. The van der Waals surface area contributed by atoms with Gasteiger partial charge >= 0.3 is 0 Å². The number of thiophene rings is 1. The predicted octanol–water partition coefficient (Wildman–Crippen LogP) is 6.04. The van der Waals surface area contributed by atoms with E-state index in [-0.39, 0.29) is 0 Å². The molecule has 0 aliphatic rings. The van der Waals surface area contributed by atoms with Crippen molar-refractivity contribution in [2.45, 2.75) is 58.4 Å². The Hall–Kier alpha value is -2.93. The molecular weight excluding hydrogens is 448 g/mol. The first-order chi connectivity index (χ1) is 15.9. The highest BCUT2D eigenvalue weighted by atomic mass is 32.1. The van der Waals surface area contributed by atoms with Crippen molar-refractivity contribution in [3.8, 4) is 28.2 Å². The lowest BCUT2D eigenvalue weighted by Gasteiger charge is -2.37. The molecule has 4 heterocycles. The van der Waals surface area contributed by atoms with E-state index in [2.05, 4.69) is 50.7 Å². The Bertz CT molecular complexity index is 1310. The molecule has 0 bridgehead atoms. The molecule has 0 N–H and O–H groups in total. The lowest BCUT2D eigenvalue weighted by atomic mass is 10.1. The van der Waals surface area contributed by atoms with Crippen molar-refractivity contribution in [1.29, 1.82) is 5.26 Å². The number of hydrogen-bond donors (Lipinski definition) is 0. The van der Waals surface area contributed by atoms with Gasteiger partial charge in [0, 0.05) is 12.4 Å². The van der Waals surface area contributed by atoms with Crippen LogP contribution in [0.2, 0.25) is 18.1 Å². The topological polar surface area (TPSA) is 89.0 Å². The Balaban J connectivity index is 1.70. The summed E-state index contributed by atoms with van der Waals surface area (Å²) in [5, 5.41) is 11.2. The van der Waals surface area contributed by atoms with E-state index in [0.29, 0.717) is 17.2 Å². The van der Waals surface area contributed by atoms with Gasteiger partial charge in [-0.05, 0) is 55.6 Å². The van der Waals surface area contributed by atoms with E-state index in [9.17, 15) is 5.26 Å². The molecule has 0 spiro atoms. The molecule has 0 amide bonds. The molecule has 0 aliphatic heterocycles. The summed E-state index contributed by atoms with van der Waals surface area (Å²) < 4.78 is 8.70. The monoisotopic (exact) mass is 476 g/mol. The summed E-state index contributed by atoms with van der Waals surface area (Å²) in [6.07, 6.45) is 5.46. The quantitative estimate of drug-likeness (QED) is 0.288. The average molecular weight is 477 g/mol. The Morgan fingerprint density at radius 2 is 1.85 bits per heavy atom. The zero-order valence-electron chi connectivity index (χ0n) is 19.7. The highest BCUT2D eigenvalue weighted by Gasteiger charge is 2.37. The summed E-state index contributed by atoms with van der Waals surface area (Å²) in [5.74, 6) is 1.14. The van der Waals surface area contributed by atoms with Gasteiger partial charge in [-0.15, -0.1) is 11.3 Å². The first-order valence-electron chi connectivity index (χ1n) is 11.2. The number of rotatable bonds is 8. The minimum Gasteiger partial charge on any atom is -0.406 e. The van der Waals surface area contributed by atoms with Crippen LogP contribution in [0.1, 0.15) is 45.9 Å². The number of nitrogens with zero attached hydrogens (tertiary/aromatic N) is 6. The SMILES string of the molecule is CC[Si](CC)(CC)OC(C)(C)c1ccn2c(-c3ccnc(-c4sccc4C#N)n3)cnc2n1. The van der Waals surface area contributed by atoms with Crippen LogP contribution in [0.4, 0.5) is 0 Å². The molecule has 4 rings (SSSR count). The first kappa shape index (κ1) is 23.2. The minimum atomic E-state index is -1.80. The van der Waals surface area contributed by atoms with Gasteiger partial charge in [0.1, 0.15) is 6.07 Å². The molecule has 33 heavy (non-hydrogen) atoms. The summed E-state index contributed by atoms with van der Waals surface area (Å²) in [6.45, 7) is 10.9. The third-order valence-electron chi connectivity index (χ3n) is 6.31. The fourth-order valence-electron chi connectivity index (χ4n) is 4.14. The number of aromatic nitrogens is 5. The van der Waals surface area contributed by atoms with Gasteiger partial charge in [-0.1, -0.05) is 20.8 Å². The molecule has 0 aliphatic carbocycles. The van der Waals surface area contributed by atoms with Crippen LogP contribution in [0.5, 0.6) is 0 Å². The zero-order valence-corrected chi connectivity index (χ0v) is 21.5. The smallest absolute Gasteiger partial charge is 0.234 e. The maximum Gasteiger partial charge on any atom is 0.234 e. The summed E-state index contributed by atoms with van der Waals surface area (Å²) in [6, 6.07) is 11.1. The van der Waals surface area contributed by atoms with Crippen LogP contribution in [0.25, 0.3) is 27.9 Å². The van der Waals surface area contributed by atoms with E-state index in [1.54, 1.807) is 18.5 Å². The molecular formula is C24H28N6OSSi. The maximum atomic E-state index is 9.34. The van der Waals surface area contributed by atoms with Gasteiger partial charge in [-0.25, -0.2) is 19.9 Å². The summed E-state index contributed by atoms with van der Waals surface area (Å²) in [4.78, 5) is 19.2. The molecule has 0 saturated carbocycles. The largest absolute Gasteiger partial charge is 0.406 e. The molecule has 0 fully saturated rings. The van der Waals surface area contributed by atoms with Gasteiger partial charge < -0.3 is 4.43 Å². The summed E-state index contributed by atoms with van der Waals surface area (Å²) in [5.41, 5.74) is 2.51. The van der Waals surface area contributed by atoms with Crippen LogP contribution in [-0.2, 0) is 10.0 Å². The molecule has 0 radical (unpaired) electrons. The first-order valence-corrected chi connectivity index (χ1v) is 14.6. The van der Waals surface area contributed by atoms with E-state index in [0.717, 1.165) is 40.1 Å². The highest BCUT2D eigenvalue weighted by Crippen LogP contribution is 2.34. The van der Waals surface area contributed by atoms with Gasteiger partial charge in [0.15, 0.2) is 14.1 Å². The lowest BCUT2D eigenvalue weighted by molar-refractivity contribution is 0.0894.